The van der Waals surface area contributed by atoms with Crippen molar-refractivity contribution in [3.63, 3.8) is 0 Å². The van der Waals surface area contributed by atoms with E-state index in [2.05, 4.69) is 10.2 Å². The Balaban J connectivity index is 2.58. The fraction of sp³-hybridized carbons (Fsp3) is 0.438. The van der Waals surface area contributed by atoms with E-state index in [-0.39, 0.29) is 17.4 Å². The smallest absolute Gasteiger partial charge is 0.294 e. The third-order valence-corrected chi connectivity index (χ3v) is 5.28. The molecule has 0 aliphatic carbocycles. The Morgan fingerprint density at radius 3 is 2.46 bits per heavy atom. The van der Waals surface area contributed by atoms with Gasteiger partial charge in [-0.1, -0.05) is 13.8 Å². The number of halogens is 5. The van der Waals surface area contributed by atoms with Crippen molar-refractivity contribution in [1.29, 1.82) is 0 Å². The van der Waals surface area contributed by atoms with Crippen LogP contribution in [0, 0.1) is 17.6 Å². The van der Waals surface area contributed by atoms with Crippen LogP contribution in [0.25, 0.3) is 0 Å². The van der Waals surface area contributed by atoms with Crippen LogP contribution in [0.3, 0.4) is 0 Å². The quantitative estimate of drug-likeness (QED) is 0.550. The molecule has 142 valence electrons. The second kappa shape index (κ2) is 7.34. The molecule has 1 amide bonds. The monoisotopic (exact) mass is 393 g/mol. The van der Waals surface area contributed by atoms with Gasteiger partial charge in [0, 0.05) is 11.8 Å². The zero-order valence-corrected chi connectivity index (χ0v) is 15.0. The topological polar surface area (TPSA) is 45.0 Å². The summed E-state index contributed by atoms with van der Waals surface area (Å²) >= 11 is 0.986. The molecule has 1 aromatic rings. The molecule has 1 unspecified atom stereocenters. The van der Waals surface area contributed by atoms with Gasteiger partial charge in [0.2, 0.25) is 6.41 Å². The summed E-state index contributed by atoms with van der Waals surface area (Å²) in [7, 11) is 0. The van der Waals surface area contributed by atoms with E-state index in [9.17, 15) is 26.7 Å². The molecule has 1 aliphatic rings. The summed E-state index contributed by atoms with van der Waals surface area (Å²) in [6, 6.07) is 2.20. The van der Waals surface area contributed by atoms with Gasteiger partial charge in [-0.3, -0.25) is 9.69 Å². The first-order valence-corrected chi connectivity index (χ1v) is 8.56. The minimum absolute atomic E-state index is 0.0237. The molecule has 0 N–H and O–H groups in total. The number of carbonyl (C=O) groups is 1. The van der Waals surface area contributed by atoms with Crippen LogP contribution >= 0.6 is 11.8 Å². The first kappa shape index (κ1) is 20.3. The lowest BCUT2D eigenvalue weighted by Crippen LogP contribution is -2.59. The molecule has 0 bridgehead atoms. The van der Waals surface area contributed by atoms with E-state index >= 15 is 0 Å². The summed E-state index contributed by atoms with van der Waals surface area (Å²) in [5.74, 6) is -1.40. The average molecular weight is 393 g/mol. The van der Waals surface area contributed by atoms with Crippen molar-refractivity contribution in [2.24, 2.45) is 16.1 Å². The molecule has 26 heavy (non-hydrogen) atoms. The average Bonchev–Trinajstić information content (AvgIpc) is 2.86. The Hall–Kier alpha value is -1.97. The summed E-state index contributed by atoms with van der Waals surface area (Å²) in [4.78, 5) is 12.2. The van der Waals surface area contributed by atoms with E-state index in [0.717, 1.165) is 30.8 Å². The fourth-order valence-electron chi connectivity index (χ4n) is 2.43. The van der Waals surface area contributed by atoms with Gasteiger partial charge in [-0.2, -0.15) is 13.2 Å². The van der Waals surface area contributed by atoms with E-state index in [4.69, 9.17) is 0 Å². The largest absolute Gasteiger partial charge is 0.434 e. The van der Waals surface area contributed by atoms with Crippen molar-refractivity contribution < 1.29 is 26.7 Å². The van der Waals surface area contributed by atoms with Crippen LogP contribution in [0.5, 0.6) is 0 Å². The van der Waals surface area contributed by atoms with E-state index in [1.165, 1.54) is 0 Å². The van der Waals surface area contributed by atoms with Gasteiger partial charge >= 0.3 is 6.18 Å². The normalized spacial score (nSPS) is 20.2. The highest BCUT2D eigenvalue weighted by molar-refractivity contribution is 8.14. The lowest BCUT2D eigenvalue weighted by atomic mass is 9.94. The third-order valence-electron chi connectivity index (χ3n) is 3.70. The summed E-state index contributed by atoms with van der Waals surface area (Å²) in [6.45, 7) is 4.78. The number of hydrogen-bond acceptors (Lipinski definition) is 4. The second-order valence-electron chi connectivity index (χ2n) is 6.20. The summed E-state index contributed by atoms with van der Waals surface area (Å²) < 4.78 is 68.2. The number of nitrogens with zero attached hydrogens (tertiary/aromatic N) is 3. The van der Waals surface area contributed by atoms with Crippen molar-refractivity contribution in [3.05, 3.63) is 29.8 Å². The Morgan fingerprint density at radius 1 is 1.27 bits per heavy atom. The number of amides is 1. The fourth-order valence-corrected chi connectivity index (χ4v) is 3.50. The summed E-state index contributed by atoms with van der Waals surface area (Å²) in [6.07, 6.45) is -4.89. The highest BCUT2D eigenvalue weighted by Crippen LogP contribution is 2.40. The standard InChI is InChI=1S/C16H16F5N3OS/c1-9(2)7-26-14-15(3,13(22-23-14)16(19,20)21)24(8-25)12-6-10(17)4-5-11(12)18/h4-6,8-9H,7H2,1-3H3. The van der Waals surface area contributed by atoms with Crippen molar-refractivity contribution in [3.8, 4) is 0 Å². The van der Waals surface area contributed by atoms with Gasteiger partial charge in [0.15, 0.2) is 5.71 Å². The van der Waals surface area contributed by atoms with E-state index < -0.39 is 34.7 Å². The molecule has 0 radical (unpaired) electrons. The van der Waals surface area contributed by atoms with Gasteiger partial charge in [0.1, 0.15) is 22.2 Å². The molecule has 1 atom stereocenters. The van der Waals surface area contributed by atoms with Crippen LogP contribution in [0.15, 0.2) is 28.4 Å². The van der Waals surface area contributed by atoms with Crippen LogP contribution < -0.4 is 4.90 Å². The maximum Gasteiger partial charge on any atom is 0.434 e. The molecule has 0 aromatic heterocycles. The zero-order chi connectivity index (χ0) is 19.7. The van der Waals surface area contributed by atoms with Gasteiger partial charge < -0.3 is 0 Å². The van der Waals surface area contributed by atoms with Crippen LogP contribution in [-0.4, -0.2) is 34.6 Å². The Morgan fingerprint density at radius 2 is 1.92 bits per heavy atom. The Bertz CT molecular complexity index is 763. The number of thioether (sulfide) groups is 1. The Kier molecular flexibility index (Phi) is 5.74. The number of benzene rings is 1. The highest BCUT2D eigenvalue weighted by atomic mass is 32.2. The van der Waals surface area contributed by atoms with Crippen LogP contribution in [-0.2, 0) is 4.79 Å². The molecular weight excluding hydrogens is 377 g/mol. The predicted octanol–water partition coefficient (Wildman–Crippen LogP) is 4.41. The van der Waals surface area contributed by atoms with Crippen LogP contribution in [0.4, 0.5) is 27.6 Å². The third kappa shape index (κ3) is 3.74. The number of anilines is 1. The van der Waals surface area contributed by atoms with E-state index in [0.29, 0.717) is 16.7 Å². The second-order valence-corrected chi connectivity index (χ2v) is 7.21. The Labute approximate surface area is 151 Å². The van der Waals surface area contributed by atoms with Crippen molar-refractivity contribution >= 4 is 34.6 Å². The molecular formula is C16H16F5N3OS. The summed E-state index contributed by atoms with van der Waals surface area (Å²) in [5.41, 5.74) is -4.19. The highest BCUT2D eigenvalue weighted by Gasteiger charge is 2.57. The molecule has 0 fully saturated rings. The van der Waals surface area contributed by atoms with Crippen molar-refractivity contribution in [2.75, 3.05) is 10.7 Å². The van der Waals surface area contributed by atoms with E-state index in [1.54, 1.807) is 0 Å². The molecule has 0 spiro atoms. The van der Waals surface area contributed by atoms with Crippen molar-refractivity contribution in [1.82, 2.24) is 0 Å². The van der Waals surface area contributed by atoms with Gasteiger partial charge in [-0.25, -0.2) is 8.78 Å². The lowest BCUT2D eigenvalue weighted by Gasteiger charge is -2.37. The van der Waals surface area contributed by atoms with Gasteiger partial charge in [-0.15, -0.1) is 22.0 Å². The molecule has 1 aliphatic heterocycles. The molecule has 0 saturated heterocycles. The summed E-state index contributed by atoms with van der Waals surface area (Å²) in [5, 5.41) is 6.68. The number of hydrogen-bond donors (Lipinski definition) is 0. The maximum absolute atomic E-state index is 14.2. The van der Waals surface area contributed by atoms with Crippen LogP contribution in [0.1, 0.15) is 20.8 Å². The predicted molar refractivity (Wildman–Crippen MR) is 91.5 cm³/mol. The molecule has 1 aromatic carbocycles. The molecule has 10 heteroatoms. The van der Waals surface area contributed by atoms with E-state index in [1.807, 2.05) is 13.8 Å². The molecule has 1 heterocycles. The SMILES string of the molecule is CC(C)CSC1=NN=C(C(F)(F)F)C1(C)N(C=O)c1cc(F)ccc1F. The first-order chi connectivity index (χ1) is 12.0. The van der Waals surface area contributed by atoms with Gasteiger partial charge in [-0.05, 0) is 25.0 Å². The molecule has 4 nitrogen and oxygen atoms in total. The molecule has 2 rings (SSSR count). The number of rotatable bonds is 5. The first-order valence-electron chi connectivity index (χ1n) is 7.58. The van der Waals surface area contributed by atoms with Gasteiger partial charge in [0.25, 0.3) is 0 Å². The minimum Gasteiger partial charge on any atom is -0.294 e. The lowest BCUT2D eigenvalue weighted by molar-refractivity contribution is -0.108. The van der Waals surface area contributed by atoms with Crippen LogP contribution in [0.2, 0.25) is 0 Å². The number of carbonyl (C=O) groups excluding carboxylic acids is 1. The maximum atomic E-state index is 14.2. The minimum atomic E-state index is -4.91. The zero-order valence-electron chi connectivity index (χ0n) is 14.1. The van der Waals surface area contributed by atoms with Crippen molar-refractivity contribution in [2.45, 2.75) is 32.5 Å². The van der Waals surface area contributed by atoms with Gasteiger partial charge in [0.05, 0.1) is 5.69 Å². The molecule has 0 saturated carbocycles. The number of alkyl halides is 3.